The number of allylic oxidation sites excluding steroid dienone is 2. The second kappa shape index (κ2) is 6.82. The van der Waals surface area contributed by atoms with Gasteiger partial charge in [0, 0.05) is 5.02 Å². The van der Waals surface area contributed by atoms with E-state index in [0.29, 0.717) is 6.61 Å². The lowest BCUT2D eigenvalue weighted by Crippen LogP contribution is -1.98. The first-order valence-corrected chi connectivity index (χ1v) is 7.86. The van der Waals surface area contributed by atoms with E-state index in [1.165, 1.54) is 30.4 Å². The summed E-state index contributed by atoms with van der Waals surface area (Å²) in [5.41, 5.74) is 3.78. The minimum atomic E-state index is 0.546. The van der Waals surface area contributed by atoms with Crippen LogP contribution in [-0.4, -0.2) is 0 Å². The van der Waals surface area contributed by atoms with E-state index in [1.54, 1.807) is 0 Å². The number of hydrogen-bond acceptors (Lipinski definition) is 1. The molecule has 0 N–H and O–H groups in total. The maximum absolute atomic E-state index is 6.27. The average Bonchev–Trinajstić information content (AvgIpc) is 2.54. The summed E-state index contributed by atoms with van der Waals surface area (Å²) in [4.78, 5) is 0. The Hall–Kier alpha value is -1.73. The van der Waals surface area contributed by atoms with Crippen LogP contribution >= 0.6 is 11.6 Å². The molecule has 108 valence electrons. The Morgan fingerprint density at radius 2 is 1.86 bits per heavy atom. The highest BCUT2D eigenvalue weighted by molar-refractivity contribution is 6.30. The molecule has 0 saturated carbocycles. The highest BCUT2D eigenvalue weighted by Crippen LogP contribution is 2.29. The van der Waals surface area contributed by atoms with E-state index in [4.69, 9.17) is 16.3 Å². The molecule has 0 aliphatic heterocycles. The normalized spacial score (nSPS) is 14.6. The monoisotopic (exact) mass is 298 g/mol. The van der Waals surface area contributed by atoms with Crippen molar-refractivity contribution in [1.29, 1.82) is 0 Å². The number of benzene rings is 2. The minimum Gasteiger partial charge on any atom is -0.489 e. The minimum absolute atomic E-state index is 0.546. The molecule has 2 aromatic carbocycles. The quantitative estimate of drug-likeness (QED) is 0.685. The molecule has 21 heavy (non-hydrogen) atoms. The largest absolute Gasteiger partial charge is 0.489 e. The fourth-order valence-corrected chi connectivity index (χ4v) is 2.96. The zero-order valence-electron chi connectivity index (χ0n) is 12.0. The molecule has 0 bridgehead atoms. The predicted molar refractivity (Wildman–Crippen MR) is 88.7 cm³/mol. The molecule has 0 amide bonds. The van der Waals surface area contributed by atoms with Gasteiger partial charge in [0.25, 0.3) is 0 Å². The van der Waals surface area contributed by atoms with Crippen LogP contribution in [0.15, 0.2) is 54.6 Å². The van der Waals surface area contributed by atoms with E-state index in [9.17, 15) is 0 Å². The third-order valence-electron chi connectivity index (χ3n) is 3.77. The van der Waals surface area contributed by atoms with Crippen molar-refractivity contribution in [2.75, 3.05) is 0 Å². The van der Waals surface area contributed by atoms with Gasteiger partial charge in [0.2, 0.25) is 0 Å². The van der Waals surface area contributed by atoms with Crippen LogP contribution in [0.25, 0.3) is 5.57 Å². The summed E-state index contributed by atoms with van der Waals surface area (Å²) in [6, 6.07) is 16.1. The van der Waals surface area contributed by atoms with Gasteiger partial charge in [-0.2, -0.15) is 0 Å². The molecule has 0 atom stereocenters. The lowest BCUT2D eigenvalue weighted by Gasteiger charge is -2.15. The number of para-hydroxylation sites is 1. The molecule has 0 fully saturated rings. The molecule has 0 spiro atoms. The Bertz CT molecular complexity index is 631. The molecule has 0 saturated heterocycles. The standard InChI is InChI=1S/C19H19ClO/c20-18-12-15(14-21-19-9-5-2-6-10-19)11-17(13-18)16-7-3-1-4-8-16/h2,5-7,9-13H,1,3-4,8,14H2. The summed E-state index contributed by atoms with van der Waals surface area (Å²) < 4.78 is 5.81. The van der Waals surface area contributed by atoms with Gasteiger partial charge in [0.1, 0.15) is 12.4 Å². The van der Waals surface area contributed by atoms with Gasteiger partial charge in [-0.15, -0.1) is 0 Å². The van der Waals surface area contributed by atoms with E-state index in [1.807, 2.05) is 36.4 Å². The van der Waals surface area contributed by atoms with Gasteiger partial charge in [-0.05, 0) is 72.7 Å². The Labute approximate surface area is 131 Å². The van der Waals surface area contributed by atoms with Crippen molar-refractivity contribution in [3.05, 3.63) is 70.8 Å². The van der Waals surface area contributed by atoms with Gasteiger partial charge >= 0.3 is 0 Å². The SMILES string of the molecule is Clc1cc(COc2ccccc2)cc(C2=CCCCC2)c1. The lowest BCUT2D eigenvalue weighted by atomic mass is 9.93. The van der Waals surface area contributed by atoms with Crippen LogP contribution in [0.4, 0.5) is 0 Å². The molecule has 2 heteroatoms. The highest BCUT2D eigenvalue weighted by Gasteiger charge is 2.08. The van der Waals surface area contributed by atoms with Gasteiger partial charge < -0.3 is 4.74 Å². The Kier molecular flexibility index (Phi) is 4.62. The Morgan fingerprint density at radius 1 is 1.00 bits per heavy atom. The summed E-state index contributed by atoms with van der Waals surface area (Å²) in [5, 5.41) is 0.783. The topological polar surface area (TPSA) is 9.23 Å². The van der Waals surface area contributed by atoms with E-state index in [2.05, 4.69) is 18.2 Å². The third-order valence-corrected chi connectivity index (χ3v) is 3.99. The van der Waals surface area contributed by atoms with Gasteiger partial charge in [0.15, 0.2) is 0 Å². The fourth-order valence-electron chi connectivity index (χ4n) is 2.70. The van der Waals surface area contributed by atoms with Crippen LogP contribution in [0, 0.1) is 0 Å². The second-order valence-corrected chi connectivity index (χ2v) is 5.86. The zero-order chi connectivity index (χ0) is 14.5. The van der Waals surface area contributed by atoms with E-state index in [-0.39, 0.29) is 0 Å². The van der Waals surface area contributed by atoms with Crippen molar-refractivity contribution < 1.29 is 4.74 Å². The fraction of sp³-hybridized carbons (Fsp3) is 0.263. The van der Waals surface area contributed by atoms with Crippen LogP contribution in [-0.2, 0) is 6.61 Å². The molecule has 0 radical (unpaired) electrons. The first-order valence-electron chi connectivity index (χ1n) is 7.48. The Morgan fingerprint density at radius 3 is 2.62 bits per heavy atom. The second-order valence-electron chi connectivity index (χ2n) is 5.43. The van der Waals surface area contributed by atoms with Crippen LogP contribution in [0.3, 0.4) is 0 Å². The van der Waals surface area contributed by atoms with Gasteiger partial charge in [0.05, 0.1) is 0 Å². The number of halogens is 1. The number of rotatable bonds is 4. The van der Waals surface area contributed by atoms with Gasteiger partial charge in [-0.1, -0.05) is 35.9 Å². The van der Waals surface area contributed by atoms with Crippen LogP contribution in [0.2, 0.25) is 5.02 Å². The van der Waals surface area contributed by atoms with Crippen molar-refractivity contribution in [3.8, 4) is 5.75 Å². The van der Waals surface area contributed by atoms with Gasteiger partial charge in [-0.25, -0.2) is 0 Å². The van der Waals surface area contributed by atoms with Crippen LogP contribution in [0.1, 0.15) is 36.8 Å². The smallest absolute Gasteiger partial charge is 0.119 e. The van der Waals surface area contributed by atoms with E-state index in [0.717, 1.165) is 22.8 Å². The summed E-state index contributed by atoms with van der Waals surface area (Å²) in [6.45, 7) is 0.546. The Balaban J connectivity index is 1.76. The zero-order valence-corrected chi connectivity index (χ0v) is 12.8. The van der Waals surface area contributed by atoms with Crippen molar-refractivity contribution in [2.45, 2.75) is 32.3 Å². The molecular formula is C19H19ClO. The maximum atomic E-state index is 6.27. The summed E-state index contributed by atoms with van der Waals surface area (Å²) in [6.07, 6.45) is 7.25. The van der Waals surface area contributed by atoms with E-state index < -0.39 is 0 Å². The number of ether oxygens (including phenoxy) is 1. The van der Waals surface area contributed by atoms with Crippen LogP contribution in [0.5, 0.6) is 5.75 Å². The molecule has 2 aromatic rings. The van der Waals surface area contributed by atoms with E-state index >= 15 is 0 Å². The molecule has 0 aromatic heterocycles. The summed E-state index contributed by atoms with van der Waals surface area (Å²) in [5.74, 6) is 0.885. The first kappa shape index (κ1) is 14.2. The van der Waals surface area contributed by atoms with Crippen molar-refractivity contribution >= 4 is 17.2 Å². The molecule has 0 heterocycles. The maximum Gasteiger partial charge on any atom is 0.119 e. The molecule has 3 rings (SSSR count). The first-order chi connectivity index (χ1) is 10.3. The average molecular weight is 299 g/mol. The molecule has 0 unspecified atom stereocenters. The van der Waals surface area contributed by atoms with Crippen molar-refractivity contribution in [1.82, 2.24) is 0 Å². The molecular weight excluding hydrogens is 280 g/mol. The van der Waals surface area contributed by atoms with Gasteiger partial charge in [-0.3, -0.25) is 0 Å². The van der Waals surface area contributed by atoms with Crippen molar-refractivity contribution in [3.63, 3.8) is 0 Å². The summed E-state index contributed by atoms with van der Waals surface area (Å²) >= 11 is 6.27. The highest BCUT2D eigenvalue weighted by atomic mass is 35.5. The molecule has 1 aliphatic rings. The lowest BCUT2D eigenvalue weighted by molar-refractivity contribution is 0.306. The van der Waals surface area contributed by atoms with Crippen LogP contribution < -0.4 is 4.74 Å². The third kappa shape index (κ3) is 3.89. The number of hydrogen-bond donors (Lipinski definition) is 0. The predicted octanol–water partition coefficient (Wildman–Crippen LogP) is 5.88. The van der Waals surface area contributed by atoms with Crippen molar-refractivity contribution in [2.24, 2.45) is 0 Å². The molecule has 1 nitrogen and oxygen atoms in total. The summed E-state index contributed by atoms with van der Waals surface area (Å²) in [7, 11) is 0. The molecule has 1 aliphatic carbocycles.